The summed E-state index contributed by atoms with van der Waals surface area (Å²) in [6.07, 6.45) is 3.28. The van der Waals surface area contributed by atoms with Gasteiger partial charge in [-0.05, 0) is 19.4 Å². The summed E-state index contributed by atoms with van der Waals surface area (Å²) in [5.74, 6) is 0.458. The third-order valence-electron chi connectivity index (χ3n) is 2.55. The van der Waals surface area contributed by atoms with Crippen LogP contribution in [-0.4, -0.2) is 29.0 Å². The first kappa shape index (κ1) is 11.3. The molecule has 0 aliphatic carbocycles. The highest BCUT2D eigenvalue weighted by atomic mass is 35.5. The molecule has 0 spiro atoms. The summed E-state index contributed by atoms with van der Waals surface area (Å²) in [5.41, 5.74) is 0. The van der Waals surface area contributed by atoms with Gasteiger partial charge < -0.3 is 10.6 Å². The summed E-state index contributed by atoms with van der Waals surface area (Å²) < 4.78 is 0. The van der Waals surface area contributed by atoms with Crippen molar-refractivity contribution in [3.63, 3.8) is 0 Å². The topological polar surface area (TPSA) is 66.9 Å². The number of carbonyl (C=O) groups is 1. The van der Waals surface area contributed by atoms with Crippen LogP contribution in [0, 0.1) is 5.92 Å². The monoisotopic (exact) mass is 240 g/mol. The van der Waals surface area contributed by atoms with Crippen LogP contribution in [0.15, 0.2) is 12.4 Å². The van der Waals surface area contributed by atoms with Crippen molar-refractivity contribution in [3.8, 4) is 0 Å². The molecule has 1 atom stereocenters. The predicted octanol–water partition coefficient (Wildman–Crippen LogP) is 1.07. The van der Waals surface area contributed by atoms with Gasteiger partial charge in [-0.3, -0.25) is 4.79 Å². The summed E-state index contributed by atoms with van der Waals surface area (Å²) in [7, 11) is 0. The molecule has 6 heteroatoms. The lowest BCUT2D eigenvalue weighted by Gasteiger charge is -2.21. The number of amides is 1. The molecule has 0 saturated carbocycles. The van der Waals surface area contributed by atoms with E-state index in [0.717, 1.165) is 25.9 Å². The van der Waals surface area contributed by atoms with E-state index >= 15 is 0 Å². The number of nitrogens with one attached hydrogen (secondary N) is 2. The number of anilines is 1. The SMILES string of the molecule is O=C(Nc1cc(Cl)ncn1)C1CCCNC1. The highest BCUT2D eigenvalue weighted by molar-refractivity contribution is 6.29. The first-order valence-corrected chi connectivity index (χ1v) is 5.62. The van der Waals surface area contributed by atoms with E-state index in [-0.39, 0.29) is 11.8 Å². The zero-order chi connectivity index (χ0) is 11.4. The quantitative estimate of drug-likeness (QED) is 0.759. The van der Waals surface area contributed by atoms with Gasteiger partial charge in [0.25, 0.3) is 0 Å². The number of aromatic nitrogens is 2. The van der Waals surface area contributed by atoms with Gasteiger partial charge >= 0.3 is 0 Å². The lowest BCUT2D eigenvalue weighted by atomic mass is 9.99. The summed E-state index contributed by atoms with van der Waals surface area (Å²) in [5, 5.41) is 6.26. The van der Waals surface area contributed by atoms with Crippen LogP contribution < -0.4 is 10.6 Å². The van der Waals surface area contributed by atoms with Gasteiger partial charge in [0, 0.05) is 12.6 Å². The summed E-state index contributed by atoms with van der Waals surface area (Å²) >= 11 is 5.70. The van der Waals surface area contributed by atoms with Crippen molar-refractivity contribution in [2.45, 2.75) is 12.8 Å². The maximum Gasteiger partial charge on any atom is 0.229 e. The largest absolute Gasteiger partial charge is 0.316 e. The molecule has 1 fully saturated rings. The van der Waals surface area contributed by atoms with Gasteiger partial charge in [-0.15, -0.1) is 0 Å². The molecule has 2 N–H and O–H groups in total. The van der Waals surface area contributed by atoms with Crippen LogP contribution in [-0.2, 0) is 4.79 Å². The van der Waals surface area contributed by atoms with Crippen LogP contribution in [0.4, 0.5) is 5.82 Å². The standard InChI is InChI=1S/C10H13ClN4O/c11-8-4-9(14-6-13-8)15-10(16)7-2-1-3-12-5-7/h4,6-7,12H,1-3,5H2,(H,13,14,15,16). The van der Waals surface area contributed by atoms with E-state index in [1.54, 1.807) is 0 Å². The highest BCUT2D eigenvalue weighted by Crippen LogP contribution is 2.14. The number of rotatable bonds is 2. The zero-order valence-electron chi connectivity index (χ0n) is 8.74. The van der Waals surface area contributed by atoms with Gasteiger partial charge in [-0.25, -0.2) is 9.97 Å². The van der Waals surface area contributed by atoms with Crippen molar-refractivity contribution in [1.82, 2.24) is 15.3 Å². The van der Waals surface area contributed by atoms with Crippen molar-refractivity contribution in [1.29, 1.82) is 0 Å². The molecule has 0 radical (unpaired) electrons. The van der Waals surface area contributed by atoms with E-state index in [2.05, 4.69) is 20.6 Å². The Labute approximate surface area is 98.6 Å². The number of hydrogen-bond donors (Lipinski definition) is 2. The third kappa shape index (κ3) is 2.90. The van der Waals surface area contributed by atoms with Crippen molar-refractivity contribution in [2.24, 2.45) is 5.92 Å². The number of hydrogen-bond acceptors (Lipinski definition) is 4. The van der Waals surface area contributed by atoms with Gasteiger partial charge in [0.05, 0.1) is 5.92 Å². The first-order chi connectivity index (χ1) is 7.75. The van der Waals surface area contributed by atoms with Crippen LogP contribution in [0.5, 0.6) is 0 Å². The molecule has 1 unspecified atom stereocenters. The second-order valence-electron chi connectivity index (χ2n) is 3.76. The molecule has 0 aromatic carbocycles. The molecule has 2 rings (SSSR count). The molecular formula is C10H13ClN4O. The Morgan fingerprint density at radius 1 is 1.56 bits per heavy atom. The van der Waals surface area contributed by atoms with Gasteiger partial charge in [0.1, 0.15) is 17.3 Å². The molecule has 1 aliphatic heterocycles. The van der Waals surface area contributed by atoms with E-state index < -0.39 is 0 Å². The second kappa shape index (κ2) is 5.23. The molecule has 1 saturated heterocycles. The van der Waals surface area contributed by atoms with E-state index in [0.29, 0.717) is 11.0 Å². The number of piperidine rings is 1. The molecule has 1 amide bonds. The van der Waals surface area contributed by atoms with Crippen LogP contribution >= 0.6 is 11.6 Å². The van der Waals surface area contributed by atoms with Crippen molar-refractivity contribution < 1.29 is 4.79 Å². The van der Waals surface area contributed by atoms with E-state index in [4.69, 9.17) is 11.6 Å². The fourth-order valence-corrected chi connectivity index (χ4v) is 1.85. The Kier molecular flexibility index (Phi) is 3.69. The molecule has 0 bridgehead atoms. The number of carbonyl (C=O) groups excluding carboxylic acids is 1. The predicted molar refractivity (Wildman–Crippen MR) is 61.3 cm³/mol. The Balaban J connectivity index is 1.96. The lowest BCUT2D eigenvalue weighted by Crippen LogP contribution is -2.37. The van der Waals surface area contributed by atoms with Crippen molar-refractivity contribution in [2.75, 3.05) is 18.4 Å². The summed E-state index contributed by atoms with van der Waals surface area (Å²) in [4.78, 5) is 19.5. The van der Waals surface area contributed by atoms with E-state index in [1.165, 1.54) is 12.4 Å². The van der Waals surface area contributed by atoms with Gasteiger partial charge in [0.2, 0.25) is 5.91 Å². The average molecular weight is 241 g/mol. The van der Waals surface area contributed by atoms with Gasteiger partial charge in [-0.2, -0.15) is 0 Å². The molecule has 1 aromatic rings. The maximum atomic E-state index is 11.8. The second-order valence-corrected chi connectivity index (χ2v) is 4.15. The molecule has 5 nitrogen and oxygen atoms in total. The lowest BCUT2D eigenvalue weighted by molar-refractivity contribution is -0.120. The minimum atomic E-state index is -0.0121. The Hall–Kier alpha value is -1.20. The number of nitrogens with zero attached hydrogens (tertiary/aromatic N) is 2. The normalized spacial score (nSPS) is 20.4. The summed E-state index contributed by atoms with van der Waals surface area (Å²) in [6.45, 7) is 1.72. The van der Waals surface area contributed by atoms with Gasteiger partial charge in [0.15, 0.2) is 0 Å². The Morgan fingerprint density at radius 2 is 2.44 bits per heavy atom. The molecule has 86 valence electrons. The van der Waals surface area contributed by atoms with Crippen LogP contribution in [0.2, 0.25) is 5.15 Å². The van der Waals surface area contributed by atoms with E-state index in [1.807, 2.05) is 0 Å². The fourth-order valence-electron chi connectivity index (χ4n) is 1.71. The Morgan fingerprint density at radius 3 is 3.12 bits per heavy atom. The summed E-state index contributed by atoms with van der Waals surface area (Å²) in [6, 6.07) is 1.54. The average Bonchev–Trinajstić information content (AvgIpc) is 2.30. The zero-order valence-corrected chi connectivity index (χ0v) is 9.50. The maximum absolute atomic E-state index is 11.8. The minimum Gasteiger partial charge on any atom is -0.316 e. The molecule has 2 heterocycles. The van der Waals surface area contributed by atoms with Crippen LogP contribution in [0.25, 0.3) is 0 Å². The number of halogens is 1. The van der Waals surface area contributed by atoms with E-state index in [9.17, 15) is 4.79 Å². The third-order valence-corrected chi connectivity index (χ3v) is 2.76. The highest BCUT2D eigenvalue weighted by Gasteiger charge is 2.21. The smallest absolute Gasteiger partial charge is 0.229 e. The Bertz CT molecular complexity index is 379. The van der Waals surface area contributed by atoms with Crippen LogP contribution in [0.1, 0.15) is 12.8 Å². The first-order valence-electron chi connectivity index (χ1n) is 5.25. The van der Waals surface area contributed by atoms with Crippen molar-refractivity contribution in [3.05, 3.63) is 17.5 Å². The molecule has 16 heavy (non-hydrogen) atoms. The molecule has 1 aromatic heterocycles. The minimum absolute atomic E-state index is 0.0121. The fraction of sp³-hybridized carbons (Fsp3) is 0.500. The van der Waals surface area contributed by atoms with Crippen LogP contribution in [0.3, 0.4) is 0 Å². The molecule has 1 aliphatic rings. The molecular weight excluding hydrogens is 228 g/mol. The van der Waals surface area contributed by atoms with Crippen molar-refractivity contribution >= 4 is 23.3 Å². The van der Waals surface area contributed by atoms with Gasteiger partial charge in [-0.1, -0.05) is 11.6 Å².